The summed E-state index contributed by atoms with van der Waals surface area (Å²) in [6.45, 7) is 1.34. The number of carbonyl (C=O) groups excluding carboxylic acids is 1. The SMILES string of the molecule is CC(=O)Nc1ccc(S(=O)(=O)Nc2ccc(S(=O)(=O)Nc3ccc(Cl)cc3Cl)cc2)cc1. The number of sulfonamides is 2. The lowest BCUT2D eigenvalue weighted by Crippen LogP contribution is -2.15. The lowest BCUT2D eigenvalue weighted by atomic mass is 10.3. The zero-order chi connectivity index (χ0) is 23.5. The van der Waals surface area contributed by atoms with E-state index in [2.05, 4.69) is 14.8 Å². The van der Waals surface area contributed by atoms with Gasteiger partial charge in [-0.1, -0.05) is 23.2 Å². The second kappa shape index (κ2) is 9.37. The van der Waals surface area contributed by atoms with E-state index < -0.39 is 20.0 Å². The predicted molar refractivity (Wildman–Crippen MR) is 125 cm³/mol. The summed E-state index contributed by atoms with van der Waals surface area (Å²) >= 11 is 11.8. The van der Waals surface area contributed by atoms with Crippen molar-refractivity contribution in [2.75, 3.05) is 14.8 Å². The summed E-state index contributed by atoms with van der Waals surface area (Å²) in [4.78, 5) is 10.9. The quantitative estimate of drug-likeness (QED) is 0.427. The first-order chi connectivity index (χ1) is 15.0. The van der Waals surface area contributed by atoms with Crippen LogP contribution in [0, 0.1) is 0 Å². The number of anilines is 3. The van der Waals surface area contributed by atoms with Gasteiger partial charge in [0.15, 0.2) is 0 Å². The summed E-state index contributed by atoms with van der Waals surface area (Å²) in [5.74, 6) is -0.276. The van der Waals surface area contributed by atoms with E-state index in [0.29, 0.717) is 10.7 Å². The topological polar surface area (TPSA) is 121 Å². The number of benzene rings is 3. The number of halogens is 2. The van der Waals surface area contributed by atoms with E-state index in [4.69, 9.17) is 23.2 Å². The van der Waals surface area contributed by atoms with E-state index in [0.717, 1.165) is 0 Å². The average Bonchev–Trinajstić information content (AvgIpc) is 2.70. The highest BCUT2D eigenvalue weighted by Crippen LogP contribution is 2.28. The van der Waals surface area contributed by atoms with Crippen LogP contribution >= 0.6 is 23.2 Å². The molecule has 3 rings (SSSR count). The van der Waals surface area contributed by atoms with Gasteiger partial charge in [0.25, 0.3) is 20.0 Å². The lowest BCUT2D eigenvalue weighted by molar-refractivity contribution is -0.114. The van der Waals surface area contributed by atoms with Gasteiger partial charge in [-0.3, -0.25) is 14.2 Å². The molecule has 0 spiro atoms. The maximum absolute atomic E-state index is 12.6. The van der Waals surface area contributed by atoms with Crippen molar-refractivity contribution in [3.8, 4) is 0 Å². The first kappa shape index (κ1) is 23.9. The van der Waals surface area contributed by atoms with Crippen LogP contribution in [0.5, 0.6) is 0 Å². The van der Waals surface area contributed by atoms with Crippen LogP contribution in [0.3, 0.4) is 0 Å². The molecule has 32 heavy (non-hydrogen) atoms. The summed E-state index contributed by atoms with van der Waals surface area (Å²) in [5.41, 5.74) is 0.780. The maximum atomic E-state index is 12.6. The van der Waals surface area contributed by atoms with Crippen molar-refractivity contribution in [2.45, 2.75) is 16.7 Å². The van der Waals surface area contributed by atoms with Crippen LogP contribution in [0.4, 0.5) is 17.1 Å². The Morgan fingerprint density at radius 3 is 1.72 bits per heavy atom. The monoisotopic (exact) mass is 513 g/mol. The van der Waals surface area contributed by atoms with Gasteiger partial charge in [-0.25, -0.2) is 16.8 Å². The first-order valence-corrected chi connectivity index (χ1v) is 12.7. The minimum absolute atomic E-state index is 0.0256. The van der Waals surface area contributed by atoms with E-state index >= 15 is 0 Å². The van der Waals surface area contributed by atoms with E-state index in [1.807, 2.05) is 0 Å². The molecule has 0 aliphatic rings. The van der Waals surface area contributed by atoms with Gasteiger partial charge in [-0.05, 0) is 66.7 Å². The maximum Gasteiger partial charge on any atom is 0.261 e. The van der Waals surface area contributed by atoms with Crippen molar-refractivity contribution >= 4 is 66.2 Å². The van der Waals surface area contributed by atoms with Crippen molar-refractivity contribution in [3.63, 3.8) is 0 Å². The second-order valence-corrected chi connectivity index (χ2v) is 10.8. The summed E-state index contributed by atoms with van der Waals surface area (Å²) in [5, 5.41) is 3.04. The van der Waals surface area contributed by atoms with Crippen LogP contribution in [0.15, 0.2) is 76.5 Å². The minimum atomic E-state index is -3.97. The molecule has 1 amide bonds. The molecular weight excluding hydrogens is 497 g/mol. The van der Waals surface area contributed by atoms with E-state index in [-0.39, 0.29) is 32.1 Å². The Labute approximate surface area is 195 Å². The summed E-state index contributed by atoms with van der Waals surface area (Å²) in [6, 6.07) is 15.1. The molecular formula is C20H17Cl2N3O5S2. The van der Waals surface area contributed by atoms with Crippen molar-refractivity contribution in [1.82, 2.24) is 0 Å². The molecule has 0 saturated heterocycles. The van der Waals surface area contributed by atoms with Crippen molar-refractivity contribution < 1.29 is 21.6 Å². The number of nitrogens with one attached hydrogen (secondary N) is 3. The molecule has 0 atom stereocenters. The largest absolute Gasteiger partial charge is 0.326 e. The molecule has 3 aromatic rings. The minimum Gasteiger partial charge on any atom is -0.326 e. The van der Waals surface area contributed by atoms with Crippen LogP contribution in [-0.2, 0) is 24.8 Å². The van der Waals surface area contributed by atoms with E-state index in [1.165, 1.54) is 73.7 Å². The van der Waals surface area contributed by atoms with Crippen molar-refractivity contribution in [1.29, 1.82) is 0 Å². The molecule has 168 valence electrons. The Morgan fingerprint density at radius 1 is 0.719 bits per heavy atom. The molecule has 3 N–H and O–H groups in total. The molecule has 0 bridgehead atoms. The number of rotatable bonds is 7. The van der Waals surface area contributed by atoms with Gasteiger partial charge in [-0.2, -0.15) is 0 Å². The lowest BCUT2D eigenvalue weighted by Gasteiger charge is -2.12. The Hall–Kier alpha value is -2.79. The highest BCUT2D eigenvalue weighted by Gasteiger charge is 2.18. The molecule has 0 aliphatic carbocycles. The normalized spacial score (nSPS) is 11.6. The molecule has 8 nitrogen and oxygen atoms in total. The molecule has 3 aromatic carbocycles. The molecule has 0 aromatic heterocycles. The zero-order valence-electron chi connectivity index (χ0n) is 16.5. The summed E-state index contributed by atoms with van der Waals surface area (Å²) in [7, 11) is -7.89. The highest BCUT2D eigenvalue weighted by molar-refractivity contribution is 7.93. The van der Waals surface area contributed by atoms with Crippen LogP contribution in [0.25, 0.3) is 0 Å². The van der Waals surface area contributed by atoms with Crippen LogP contribution in [0.2, 0.25) is 10.0 Å². The second-order valence-electron chi connectivity index (χ2n) is 6.57. The molecule has 12 heteroatoms. The summed E-state index contributed by atoms with van der Waals surface area (Å²) < 4.78 is 55.1. The molecule has 0 saturated carbocycles. The summed E-state index contributed by atoms with van der Waals surface area (Å²) in [6.07, 6.45) is 0. The van der Waals surface area contributed by atoms with Crippen LogP contribution in [-0.4, -0.2) is 22.7 Å². The van der Waals surface area contributed by atoms with Gasteiger partial charge in [-0.15, -0.1) is 0 Å². The van der Waals surface area contributed by atoms with Crippen LogP contribution < -0.4 is 14.8 Å². The number of amides is 1. The van der Waals surface area contributed by atoms with Crippen molar-refractivity contribution in [2.24, 2.45) is 0 Å². The molecule has 0 aliphatic heterocycles. The van der Waals surface area contributed by atoms with Gasteiger partial charge < -0.3 is 5.32 Å². The molecule has 0 unspecified atom stereocenters. The standard InChI is InChI=1S/C20H17Cl2N3O5S2/c1-13(26)23-15-3-7-17(8-4-15)31(27,28)24-16-5-9-18(10-6-16)32(29,30)25-20-11-2-14(21)12-19(20)22/h2-12,24-25H,1H3,(H,23,26). The Balaban J connectivity index is 1.75. The molecule has 0 fully saturated rings. The Morgan fingerprint density at radius 2 is 1.22 bits per heavy atom. The average molecular weight is 514 g/mol. The smallest absolute Gasteiger partial charge is 0.261 e. The third-order valence-electron chi connectivity index (χ3n) is 4.08. The van der Waals surface area contributed by atoms with Gasteiger partial charge in [0.2, 0.25) is 5.91 Å². The molecule has 0 radical (unpaired) electrons. The first-order valence-electron chi connectivity index (χ1n) is 8.95. The number of hydrogen-bond donors (Lipinski definition) is 3. The Kier molecular flexibility index (Phi) is 6.99. The van der Waals surface area contributed by atoms with Gasteiger partial charge in [0.1, 0.15) is 0 Å². The number of hydrogen-bond acceptors (Lipinski definition) is 5. The van der Waals surface area contributed by atoms with E-state index in [9.17, 15) is 21.6 Å². The Bertz CT molecular complexity index is 1360. The fourth-order valence-electron chi connectivity index (χ4n) is 2.61. The van der Waals surface area contributed by atoms with Gasteiger partial charge >= 0.3 is 0 Å². The third kappa shape index (κ3) is 5.92. The fourth-order valence-corrected chi connectivity index (χ4v) is 5.26. The van der Waals surface area contributed by atoms with Crippen molar-refractivity contribution in [3.05, 3.63) is 76.8 Å². The van der Waals surface area contributed by atoms with Gasteiger partial charge in [0.05, 0.1) is 20.5 Å². The predicted octanol–water partition coefficient (Wildman–Crippen LogP) is 4.55. The fraction of sp³-hybridized carbons (Fsp3) is 0.0500. The zero-order valence-corrected chi connectivity index (χ0v) is 19.6. The molecule has 0 heterocycles. The van der Waals surface area contributed by atoms with Gasteiger partial charge in [0, 0.05) is 23.3 Å². The van der Waals surface area contributed by atoms with E-state index in [1.54, 1.807) is 0 Å². The highest BCUT2D eigenvalue weighted by atomic mass is 35.5. The van der Waals surface area contributed by atoms with Crippen LogP contribution in [0.1, 0.15) is 6.92 Å². The third-order valence-corrected chi connectivity index (χ3v) is 7.40. The number of carbonyl (C=O) groups is 1.